The average Bonchev–Trinajstić information content (AvgIpc) is 2.35. The van der Waals surface area contributed by atoms with Gasteiger partial charge in [0.25, 0.3) is 0 Å². The molecule has 0 amide bonds. The van der Waals surface area contributed by atoms with E-state index in [-0.39, 0.29) is 11.2 Å². The van der Waals surface area contributed by atoms with Gasteiger partial charge in [-0.25, -0.2) is 4.39 Å². The van der Waals surface area contributed by atoms with Gasteiger partial charge in [-0.3, -0.25) is 0 Å². The lowest BCUT2D eigenvalue weighted by Gasteiger charge is -2.36. The highest BCUT2D eigenvalue weighted by Gasteiger charge is 2.33. The summed E-state index contributed by atoms with van der Waals surface area (Å²) < 4.78 is 19.2. The number of hydrogen-bond acceptors (Lipinski definition) is 1. The molecule has 0 spiro atoms. The van der Waals surface area contributed by atoms with Crippen molar-refractivity contribution in [2.45, 2.75) is 19.3 Å². The molecule has 0 N–H and O–H groups in total. The highest BCUT2D eigenvalue weighted by atomic mass is 79.9. The molecule has 1 saturated heterocycles. The highest BCUT2D eigenvalue weighted by molar-refractivity contribution is 9.09. The van der Waals surface area contributed by atoms with Crippen LogP contribution in [0.2, 0.25) is 5.02 Å². The van der Waals surface area contributed by atoms with Crippen LogP contribution in [0.1, 0.15) is 18.4 Å². The first-order valence-electron chi connectivity index (χ1n) is 5.73. The fourth-order valence-corrected chi connectivity index (χ4v) is 3.23. The predicted molar refractivity (Wildman–Crippen MR) is 71.4 cm³/mol. The monoisotopic (exact) mass is 320 g/mol. The molecule has 1 aromatic carbocycles. The van der Waals surface area contributed by atoms with E-state index in [1.807, 2.05) is 0 Å². The molecule has 94 valence electrons. The van der Waals surface area contributed by atoms with Crippen LogP contribution in [0.15, 0.2) is 18.2 Å². The number of benzene rings is 1. The number of halogens is 3. The molecule has 17 heavy (non-hydrogen) atoms. The first kappa shape index (κ1) is 13.3. The Bertz CT molecular complexity index is 371. The maximum Gasteiger partial charge on any atom is 0.127 e. The normalized spacial score (nSPS) is 19.2. The van der Waals surface area contributed by atoms with Crippen LogP contribution >= 0.6 is 27.5 Å². The van der Waals surface area contributed by atoms with Gasteiger partial charge in [-0.1, -0.05) is 33.6 Å². The van der Waals surface area contributed by atoms with Crippen LogP contribution in [0.4, 0.5) is 4.39 Å². The zero-order valence-electron chi connectivity index (χ0n) is 9.52. The van der Waals surface area contributed by atoms with Gasteiger partial charge in [0, 0.05) is 29.1 Å². The van der Waals surface area contributed by atoms with Gasteiger partial charge in [-0.15, -0.1) is 0 Å². The molecule has 0 unspecified atom stereocenters. The summed E-state index contributed by atoms with van der Waals surface area (Å²) in [6.45, 7) is 1.50. The van der Waals surface area contributed by atoms with E-state index < -0.39 is 0 Å². The fourth-order valence-electron chi connectivity index (χ4n) is 2.24. The lowest BCUT2D eigenvalue weighted by Crippen LogP contribution is -2.33. The van der Waals surface area contributed by atoms with Crippen LogP contribution in [0, 0.1) is 11.2 Å². The van der Waals surface area contributed by atoms with Crippen LogP contribution in [0.25, 0.3) is 0 Å². The van der Waals surface area contributed by atoms with E-state index in [0.29, 0.717) is 17.0 Å². The largest absolute Gasteiger partial charge is 0.381 e. The standard InChI is InChI=1S/C13H15BrClFO/c14-9-13(4-6-17-7-5-13)8-10-11(15)2-1-3-12(10)16/h1-3H,4-9H2. The molecular weight excluding hydrogens is 306 g/mol. The summed E-state index contributed by atoms with van der Waals surface area (Å²) in [4.78, 5) is 0. The quantitative estimate of drug-likeness (QED) is 0.758. The summed E-state index contributed by atoms with van der Waals surface area (Å²) >= 11 is 9.63. The van der Waals surface area contributed by atoms with Crippen LogP contribution in [0.3, 0.4) is 0 Å². The molecule has 0 aliphatic carbocycles. The van der Waals surface area contributed by atoms with E-state index in [0.717, 1.165) is 31.4 Å². The van der Waals surface area contributed by atoms with Crippen molar-refractivity contribution in [3.05, 3.63) is 34.6 Å². The number of alkyl halides is 1. The van der Waals surface area contributed by atoms with Gasteiger partial charge < -0.3 is 4.74 Å². The minimum atomic E-state index is -0.204. The van der Waals surface area contributed by atoms with Gasteiger partial charge in [-0.2, -0.15) is 0 Å². The second kappa shape index (κ2) is 5.68. The summed E-state index contributed by atoms with van der Waals surface area (Å²) in [7, 11) is 0. The Morgan fingerprint density at radius 2 is 2.06 bits per heavy atom. The second-order valence-corrected chi connectivity index (χ2v) is 5.59. The molecule has 0 saturated carbocycles. The third kappa shape index (κ3) is 3.01. The topological polar surface area (TPSA) is 9.23 Å². The molecule has 0 atom stereocenters. The first-order valence-corrected chi connectivity index (χ1v) is 7.23. The maximum absolute atomic E-state index is 13.8. The smallest absolute Gasteiger partial charge is 0.127 e. The van der Waals surface area contributed by atoms with Crippen molar-refractivity contribution < 1.29 is 9.13 Å². The molecule has 0 aromatic heterocycles. The van der Waals surface area contributed by atoms with Crippen molar-refractivity contribution in [3.63, 3.8) is 0 Å². The Hall–Kier alpha value is -0.120. The van der Waals surface area contributed by atoms with E-state index in [4.69, 9.17) is 16.3 Å². The number of hydrogen-bond donors (Lipinski definition) is 0. The molecule has 1 aliphatic rings. The zero-order chi connectivity index (χ0) is 12.3. The van der Waals surface area contributed by atoms with Gasteiger partial charge in [0.15, 0.2) is 0 Å². The third-order valence-corrected chi connectivity index (χ3v) is 4.99. The van der Waals surface area contributed by atoms with E-state index >= 15 is 0 Å². The van der Waals surface area contributed by atoms with Crippen molar-refractivity contribution in [3.8, 4) is 0 Å². The predicted octanol–water partition coefficient (Wildman–Crippen LogP) is 4.21. The van der Waals surface area contributed by atoms with Crippen molar-refractivity contribution in [1.82, 2.24) is 0 Å². The molecule has 0 radical (unpaired) electrons. The Balaban J connectivity index is 2.23. The average molecular weight is 322 g/mol. The van der Waals surface area contributed by atoms with Gasteiger partial charge in [0.1, 0.15) is 5.82 Å². The lowest BCUT2D eigenvalue weighted by atomic mass is 9.77. The number of ether oxygens (including phenoxy) is 1. The Labute approximate surface area is 114 Å². The second-order valence-electron chi connectivity index (χ2n) is 4.62. The first-order chi connectivity index (χ1) is 8.17. The summed E-state index contributed by atoms with van der Waals surface area (Å²) in [6, 6.07) is 4.87. The zero-order valence-corrected chi connectivity index (χ0v) is 11.9. The van der Waals surface area contributed by atoms with E-state index in [9.17, 15) is 4.39 Å². The van der Waals surface area contributed by atoms with Crippen LogP contribution < -0.4 is 0 Å². The Morgan fingerprint density at radius 1 is 1.35 bits per heavy atom. The van der Waals surface area contributed by atoms with Crippen molar-refractivity contribution in [1.29, 1.82) is 0 Å². The highest BCUT2D eigenvalue weighted by Crippen LogP contribution is 2.38. The van der Waals surface area contributed by atoms with E-state index in [1.54, 1.807) is 12.1 Å². The van der Waals surface area contributed by atoms with E-state index in [2.05, 4.69) is 15.9 Å². The fraction of sp³-hybridized carbons (Fsp3) is 0.538. The third-order valence-electron chi connectivity index (χ3n) is 3.45. The molecule has 1 heterocycles. The SMILES string of the molecule is Fc1cccc(Cl)c1CC1(CBr)CCOCC1. The van der Waals surface area contributed by atoms with Crippen molar-refractivity contribution in [2.75, 3.05) is 18.5 Å². The molecule has 4 heteroatoms. The van der Waals surface area contributed by atoms with E-state index in [1.165, 1.54) is 6.07 Å². The lowest BCUT2D eigenvalue weighted by molar-refractivity contribution is 0.0266. The summed E-state index contributed by atoms with van der Waals surface area (Å²) in [5.74, 6) is -0.204. The molecular formula is C13H15BrClFO. The Kier molecular flexibility index (Phi) is 4.45. The van der Waals surface area contributed by atoms with Crippen molar-refractivity contribution >= 4 is 27.5 Å². The molecule has 2 rings (SSSR count). The molecule has 1 fully saturated rings. The molecule has 1 nitrogen and oxygen atoms in total. The Morgan fingerprint density at radius 3 is 2.65 bits per heavy atom. The van der Waals surface area contributed by atoms with Gasteiger partial charge in [0.2, 0.25) is 0 Å². The van der Waals surface area contributed by atoms with Crippen LogP contribution in [-0.4, -0.2) is 18.5 Å². The molecule has 1 aliphatic heterocycles. The van der Waals surface area contributed by atoms with Gasteiger partial charge in [0.05, 0.1) is 0 Å². The summed E-state index contributed by atoms with van der Waals surface area (Å²) in [5, 5.41) is 1.38. The van der Waals surface area contributed by atoms with Gasteiger partial charge in [-0.05, 0) is 36.8 Å². The number of rotatable bonds is 3. The maximum atomic E-state index is 13.8. The molecule has 1 aromatic rings. The molecule has 0 bridgehead atoms. The van der Waals surface area contributed by atoms with Gasteiger partial charge >= 0.3 is 0 Å². The minimum Gasteiger partial charge on any atom is -0.381 e. The van der Waals surface area contributed by atoms with Crippen LogP contribution in [0.5, 0.6) is 0 Å². The minimum absolute atomic E-state index is 0.0735. The summed E-state index contributed by atoms with van der Waals surface area (Å²) in [5.41, 5.74) is 0.708. The summed E-state index contributed by atoms with van der Waals surface area (Å²) in [6.07, 6.45) is 2.57. The van der Waals surface area contributed by atoms with Crippen molar-refractivity contribution in [2.24, 2.45) is 5.41 Å². The van der Waals surface area contributed by atoms with Crippen LogP contribution in [-0.2, 0) is 11.2 Å².